The molecule has 0 atom stereocenters. The number of benzene rings is 2. The van der Waals surface area contributed by atoms with E-state index in [-0.39, 0.29) is 16.3 Å². The van der Waals surface area contributed by atoms with Gasteiger partial charge in [-0.2, -0.15) is 4.31 Å². The average molecular weight is 395 g/mol. The van der Waals surface area contributed by atoms with E-state index in [4.69, 9.17) is 0 Å². The van der Waals surface area contributed by atoms with E-state index < -0.39 is 20.0 Å². The van der Waals surface area contributed by atoms with Gasteiger partial charge in [-0.15, -0.1) is 0 Å². The van der Waals surface area contributed by atoms with Gasteiger partial charge in [0.25, 0.3) is 10.0 Å². The summed E-state index contributed by atoms with van der Waals surface area (Å²) in [6.07, 6.45) is 1.71. The summed E-state index contributed by atoms with van der Waals surface area (Å²) in [6, 6.07) is 14.3. The molecular weight excluding hydrogens is 372 g/mol. The van der Waals surface area contributed by atoms with Crippen LogP contribution >= 0.6 is 0 Å². The number of anilines is 1. The third kappa shape index (κ3) is 3.49. The van der Waals surface area contributed by atoms with Gasteiger partial charge in [0.2, 0.25) is 10.0 Å². The molecule has 0 aliphatic carbocycles. The van der Waals surface area contributed by atoms with Crippen molar-refractivity contribution in [3.05, 3.63) is 54.6 Å². The summed E-state index contributed by atoms with van der Waals surface area (Å²) in [5.41, 5.74) is 0.573. The first kappa shape index (κ1) is 18.9. The Bertz CT molecular complexity index is 950. The van der Waals surface area contributed by atoms with Crippen molar-refractivity contribution in [2.75, 3.05) is 23.9 Å². The predicted molar refractivity (Wildman–Crippen MR) is 101 cm³/mol. The van der Waals surface area contributed by atoms with Crippen LogP contribution in [0, 0.1) is 0 Å². The number of nitrogens with zero attached hydrogens (tertiary/aromatic N) is 2. The van der Waals surface area contributed by atoms with E-state index in [1.807, 2.05) is 6.07 Å². The topological polar surface area (TPSA) is 74.8 Å². The Hall–Kier alpha value is -1.90. The van der Waals surface area contributed by atoms with Gasteiger partial charge in [-0.3, -0.25) is 4.31 Å². The zero-order valence-electron chi connectivity index (χ0n) is 14.6. The van der Waals surface area contributed by atoms with Crippen molar-refractivity contribution < 1.29 is 16.8 Å². The predicted octanol–water partition coefficient (Wildman–Crippen LogP) is 2.69. The van der Waals surface area contributed by atoms with Gasteiger partial charge in [0, 0.05) is 19.6 Å². The molecule has 1 aliphatic rings. The molecule has 26 heavy (non-hydrogen) atoms. The van der Waals surface area contributed by atoms with Crippen LogP contribution in [0.2, 0.25) is 0 Å². The summed E-state index contributed by atoms with van der Waals surface area (Å²) in [4.78, 5) is 0.199. The second-order valence-electron chi connectivity index (χ2n) is 6.09. The maximum Gasteiger partial charge on any atom is 0.264 e. The van der Waals surface area contributed by atoms with Crippen LogP contribution in [0.3, 0.4) is 0 Å². The van der Waals surface area contributed by atoms with E-state index in [2.05, 4.69) is 0 Å². The van der Waals surface area contributed by atoms with Crippen molar-refractivity contribution in [3.63, 3.8) is 0 Å². The molecule has 0 aromatic heterocycles. The first-order valence-electron chi connectivity index (χ1n) is 8.55. The number of rotatable bonds is 6. The van der Waals surface area contributed by atoms with Crippen LogP contribution in [0.4, 0.5) is 5.69 Å². The first-order valence-corrected chi connectivity index (χ1v) is 11.4. The quantitative estimate of drug-likeness (QED) is 0.755. The molecule has 1 heterocycles. The highest BCUT2D eigenvalue weighted by atomic mass is 32.2. The molecule has 0 unspecified atom stereocenters. The van der Waals surface area contributed by atoms with Crippen LogP contribution < -0.4 is 4.31 Å². The summed E-state index contributed by atoms with van der Waals surface area (Å²) < 4.78 is 53.8. The number of para-hydroxylation sites is 1. The normalized spacial score (nSPS) is 15.9. The fourth-order valence-electron chi connectivity index (χ4n) is 3.07. The van der Waals surface area contributed by atoms with Crippen molar-refractivity contribution in [2.45, 2.75) is 29.6 Å². The minimum absolute atomic E-state index is 0.0728. The highest BCUT2D eigenvalue weighted by Crippen LogP contribution is 2.26. The van der Waals surface area contributed by atoms with E-state index in [1.54, 1.807) is 31.2 Å². The average Bonchev–Trinajstić information content (AvgIpc) is 3.19. The second-order valence-corrected chi connectivity index (χ2v) is 9.89. The van der Waals surface area contributed by atoms with E-state index >= 15 is 0 Å². The Morgan fingerprint density at radius 2 is 1.38 bits per heavy atom. The minimum atomic E-state index is -3.76. The second kappa shape index (κ2) is 7.38. The van der Waals surface area contributed by atoms with Crippen LogP contribution in [0.25, 0.3) is 0 Å². The fraction of sp³-hybridized carbons (Fsp3) is 0.333. The molecule has 0 amide bonds. The highest BCUT2D eigenvalue weighted by Gasteiger charge is 2.28. The highest BCUT2D eigenvalue weighted by molar-refractivity contribution is 7.92. The first-order chi connectivity index (χ1) is 12.4. The summed E-state index contributed by atoms with van der Waals surface area (Å²) in [6.45, 7) is 3.07. The molecule has 1 aliphatic heterocycles. The Labute approximate surface area is 155 Å². The Kier molecular flexibility index (Phi) is 5.36. The van der Waals surface area contributed by atoms with Gasteiger partial charge < -0.3 is 0 Å². The molecule has 2 aromatic carbocycles. The number of hydrogen-bond donors (Lipinski definition) is 0. The van der Waals surface area contributed by atoms with E-state index in [0.29, 0.717) is 18.8 Å². The van der Waals surface area contributed by atoms with Crippen LogP contribution in [0.5, 0.6) is 0 Å². The molecule has 0 saturated carbocycles. The number of sulfonamides is 2. The molecule has 1 fully saturated rings. The van der Waals surface area contributed by atoms with Crippen LogP contribution in [0.1, 0.15) is 19.8 Å². The van der Waals surface area contributed by atoms with Gasteiger partial charge in [-0.05, 0) is 56.2 Å². The molecule has 2 aromatic rings. The van der Waals surface area contributed by atoms with Gasteiger partial charge >= 0.3 is 0 Å². The molecule has 8 heteroatoms. The molecule has 3 rings (SSSR count). The molecule has 1 saturated heterocycles. The van der Waals surface area contributed by atoms with Crippen molar-refractivity contribution in [2.24, 2.45) is 0 Å². The lowest BCUT2D eigenvalue weighted by Crippen LogP contribution is -2.31. The molecule has 140 valence electrons. The Morgan fingerprint density at radius 3 is 1.92 bits per heavy atom. The standard InChI is InChI=1S/C18H22N2O4S2/c1-2-20(16-8-4-3-5-9-16)26(23,24)18-12-10-17(11-13-18)25(21,22)19-14-6-7-15-19/h3-5,8-13H,2,6-7,14-15H2,1H3. The van der Waals surface area contributed by atoms with Crippen molar-refractivity contribution in [1.29, 1.82) is 0 Å². The van der Waals surface area contributed by atoms with Crippen LogP contribution in [-0.2, 0) is 20.0 Å². The van der Waals surface area contributed by atoms with Gasteiger partial charge in [0.15, 0.2) is 0 Å². The zero-order chi connectivity index (χ0) is 18.8. The van der Waals surface area contributed by atoms with Crippen molar-refractivity contribution in [3.8, 4) is 0 Å². The molecule has 0 spiro atoms. The maximum absolute atomic E-state index is 12.9. The zero-order valence-corrected chi connectivity index (χ0v) is 16.2. The largest absolute Gasteiger partial charge is 0.267 e. The number of hydrogen-bond acceptors (Lipinski definition) is 4. The lowest BCUT2D eigenvalue weighted by atomic mass is 10.3. The maximum atomic E-state index is 12.9. The van der Waals surface area contributed by atoms with Crippen LogP contribution in [0.15, 0.2) is 64.4 Å². The Balaban J connectivity index is 1.92. The van der Waals surface area contributed by atoms with Gasteiger partial charge in [-0.1, -0.05) is 18.2 Å². The van der Waals surface area contributed by atoms with Gasteiger partial charge in [-0.25, -0.2) is 16.8 Å². The summed E-state index contributed by atoms with van der Waals surface area (Å²) in [5.74, 6) is 0. The summed E-state index contributed by atoms with van der Waals surface area (Å²) >= 11 is 0. The van der Waals surface area contributed by atoms with E-state index in [9.17, 15) is 16.8 Å². The SMILES string of the molecule is CCN(c1ccccc1)S(=O)(=O)c1ccc(S(=O)(=O)N2CCCC2)cc1. The molecule has 0 bridgehead atoms. The summed E-state index contributed by atoms with van der Waals surface area (Å²) in [7, 11) is -7.31. The van der Waals surface area contributed by atoms with Gasteiger partial charge in [0.1, 0.15) is 0 Å². The lowest BCUT2D eigenvalue weighted by Gasteiger charge is -2.23. The third-order valence-corrected chi connectivity index (χ3v) is 8.28. The lowest BCUT2D eigenvalue weighted by molar-refractivity contribution is 0.477. The molecule has 0 radical (unpaired) electrons. The fourth-order valence-corrected chi connectivity index (χ4v) is 6.06. The Morgan fingerprint density at radius 1 is 0.846 bits per heavy atom. The monoisotopic (exact) mass is 394 g/mol. The van der Waals surface area contributed by atoms with E-state index in [1.165, 1.54) is 32.9 Å². The summed E-state index contributed by atoms with van der Waals surface area (Å²) in [5, 5.41) is 0. The van der Waals surface area contributed by atoms with E-state index in [0.717, 1.165) is 12.8 Å². The third-order valence-electron chi connectivity index (χ3n) is 4.45. The van der Waals surface area contributed by atoms with Crippen molar-refractivity contribution >= 4 is 25.7 Å². The molecular formula is C18H22N2O4S2. The van der Waals surface area contributed by atoms with Gasteiger partial charge in [0.05, 0.1) is 15.5 Å². The smallest absolute Gasteiger partial charge is 0.264 e. The van der Waals surface area contributed by atoms with Crippen molar-refractivity contribution in [1.82, 2.24) is 4.31 Å². The molecule has 0 N–H and O–H groups in total. The van der Waals surface area contributed by atoms with Crippen LogP contribution in [-0.4, -0.2) is 40.8 Å². The minimum Gasteiger partial charge on any atom is -0.267 e. The molecule has 6 nitrogen and oxygen atoms in total.